The van der Waals surface area contributed by atoms with E-state index in [1.807, 2.05) is 0 Å². The first-order valence-corrected chi connectivity index (χ1v) is 10.5. The van der Waals surface area contributed by atoms with Gasteiger partial charge in [0.15, 0.2) is 0 Å². The fraction of sp³-hybridized carbons (Fsp3) is 0.556. The number of likely N-dealkylation sites (tertiary alicyclic amines) is 1. The van der Waals surface area contributed by atoms with Crippen molar-refractivity contribution in [1.29, 1.82) is 0 Å². The van der Waals surface area contributed by atoms with Crippen molar-refractivity contribution in [3.8, 4) is 0 Å². The topological polar surface area (TPSA) is 208 Å². The summed E-state index contributed by atoms with van der Waals surface area (Å²) in [6.07, 6.45) is 2.98. The van der Waals surface area contributed by atoms with Gasteiger partial charge in [-0.15, -0.1) is 0 Å². The van der Waals surface area contributed by atoms with Crippen LogP contribution >= 0.6 is 12.6 Å². The van der Waals surface area contributed by atoms with Crippen LogP contribution in [0.3, 0.4) is 0 Å². The van der Waals surface area contributed by atoms with Gasteiger partial charge in [-0.05, 0) is 12.8 Å². The highest BCUT2D eigenvalue weighted by Gasteiger charge is 2.38. The Kier molecular flexibility index (Phi) is 9.02. The van der Waals surface area contributed by atoms with Crippen molar-refractivity contribution in [2.24, 2.45) is 5.73 Å². The second kappa shape index (κ2) is 11.5. The van der Waals surface area contributed by atoms with Gasteiger partial charge in [0.1, 0.15) is 18.1 Å². The van der Waals surface area contributed by atoms with Gasteiger partial charge in [0.2, 0.25) is 17.7 Å². The van der Waals surface area contributed by atoms with E-state index in [2.05, 4.69) is 33.2 Å². The molecule has 7 N–H and O–H groups in total. The molecule has 1 fully saturated rings. The molecule has 2 heterocycles. The highest BCUT2D eigenvalue weighted by Crippen LogP contribution is 2.19. The number of thiol groups is 1. The average Bonchev–Trinajstić information content (AvgIpc) is 3.42. The van der Waals surface area contributed by atoms with E-state index in [0.29, 0.717) is 18.5 Å². The second-order valence-electron chi connectivity index (χ2n) is 7.32. The van der Waals surface area contributed by atoms with Crippen molar-refractivity contribution in [2.75, 3.05) is 12.3 Å². The summed E-state index contributed by atoms with van der Waals surface area (Å²) in [6.45, 7) is 0.244. The summed E-state index contributed by atoms with van der Waals surface area (Å²) < 4.78 is 0. The Bertz CT molecular complexity index is 849. The van der Waals surface area contributed by atoms with E-state index < -0.39 is 60.2 Å². The van der Waals surface area contributed by atoms with Crippen molar-refractivity contribution >= 4 is 42.3 Å². The normalized spacial score (nSPS) is 18.4. The minimum Gasteiger partial charge on any atom is -0.481 e. The molecule has 1 aromatic heterocycles. The molecule has 13 nitrogen and oxygen atoms in total. The summed E-state index contributed by atoms with van der Waals surface area (Å²) in [5, 5.41) is 23.0. The Hall–Kier alpha value is -3.13. The van der Waals surface area contributed by atoms with Crippen LogP contribution in [0.1, 0.15) is 25.0 Å². The number of carboxylic acids is 2. The van der Waals surface area contributed by atoms with Crippen molar-refractivity contribution in [3.05, 3.63) is 18.2 Å². The lowest BCUT2D eigenvalue weighted by atomic mass is 10.1. The average molecular weight is 471 g/mol. The van der Waals surface area contributed by atoms with Crippen LogP contribution in [0.25, 0.3) is 0 Å². The van der Waals surface area contributed by atoms with E-state index in [1.165, 1.54) is 17.4 Å². The first-order chi connectivity index (χ1) is 15.1. The maximum absolute atomic E-state index is 12.9. The molecule has 4 unspecified atom stereocenters. The molecule has 0 aromatic carbocycles. The molecule has 14 heteroatoms. The second-order valence-corrected chi connectivity index (χ2v) is 7.68. The minimum absolute atomic E-state index is 0.0354. The molecule has 0 bridgehead atoms. The van der Waals surface area contributed by atoms with Crippen LogP contribution in [0.2, 0.25) is 0 Å². The third-order valence-corrected chi connectivity index (χ3v) is 5.33. The molecule has 0 spiro atoms. The van der Waals surface area contributed by atoms with Crippen LogP contribution in [0.5, 0.6) is 0 Å². The first kappa shape index (κ1) is 25.1. The number of hydrogen-bond donors (Lipinski definition) is 7. The smallest absolute Gasteiger partial charge is 0.326 e. The molecule has 1 aliphatic rings. The third-order valence-electron chi connectivity index (χ3n) is 4.96. The van der Waals surface area contributed by atoms with Crippen LogP contribution in [0, 0.1) is 0 Å². The molecule has 4 atom stereocenters. The standard InChI is InChI=1S/C18H26N6O7S/c19-10(5-14(25)26)15(27)22-11(4-9-6-20-8-21-9)16(28)23-12(7-32)17(29)24-3-1-2-13(24)18(30)31/h6,8,10-13,32H,1-5,7,19H2,(H,20,21)(H,22,27)(H,23,28)(H,25,26)(H,30,31). The van der Waals surface area contributed by atoms with Crippen LogP contribution < -0.4 is 16.4 Å². The van der Waals surface area contributed by atoms with E-state index in [1.54, 1.807) is 0 Å². The molecule has 176 valence electrons. The molecule has 32 heavy (non-hydrogen) atoms. The SMILES string of the molecule is NC(CC(=O)O)C(=O)NC(Cc1cnc[nH]1)C(=O)NC(CS)C(=O)N1CCCC1C(=O)O. The Balaban J connectivity index is 2.12. The molecule has 0 radical (unpaired) electrons. The van der Waals surface area contributed by atoms with Crippen molar-refractivity contribution in [3.63, 3.8) is 0 Å². The van der Waals surface area contributed by atoms with E-state index >= 15 is 0 Å². The summed E-state index contributed by atoms with van der Waals surface area (Å²) in [5.41, 5.74) is 6.07. The number of aliphatic carboxylic acids is 2. The van der Waals surface area contributed by atoms with Crippen molar-refractivity contribution < 1.29 is 34.2 Å². The Labute approximate surface area is 188 Å². The Morgan fingerprint density at radius 3 is 2.47 bits per heavy atom. The number of nitrogens with two attached hydrogens (primary N) is 1. The predicted molar refractivity (Wildman–Crippen MR) is 113 cm³/mol. The molecular formula is C18H26N6O7S. The van der Waals surface area contributed by atoms with Gasteiger partial charge in [-0.25, -0.2) is 9.78 Å². The number of hydrogen-bond acceptors (Lipinski definition) is 8. The molecule has 1 aliphatic heterocycles. The third kappa shape index (κ3) is 6.68. The van der Waals surface area contributed by atoms with Gasteiger partial charge in [0.25, 0.3) is 0 Å². The van der Waals surface area contributed by atoms with Gasteiger partial charge in [0, 0.05) is 30.6 Å². The highest BCUT2D eigenvalue weighted by molar-refractivity contribution is 7.80. The molecule has 1 saturated heterocycles. The number of nitrogens with zero attached hydrogens (tertiary/aromatic N) is 2. The molecule has 0 saturated carbocycles. The van der Waals surface area contributed by atoms with Gasteiger partial charge >= 0.3 is 11.9 Å². The molecule has 1 aromatic rings. The number of carboxylic acid groups (broad SMARTS) is 2. The number of carbonyl (C=O) groups excluding carboxylic acids is 3. The summed E-state index contributed by atoms with van der Waals surface area (Å²) in [7, 11) is 0. The van der Waals surface area contributed by atoms with Gasteiger partial charge in [-0.3, -0.25) is 19.2 Å². The highest BCUT2D eigenvalue weighted by atomic mass is 32.1. The van der Waals surface area contributed by atoms with Gasteiger partial charge in [-0.2, -0.15) is 12.6 Å². The molecule has 3 amide bonds. The van der Waals surface area contributed by atoms with E-state index in [9.17, 15) is 29.1 Å². The summed E-state index contributed by atoms with van der Waals surface area (Å²) in [6, 6.07) is -4.68. The quantitative estimate of drug-likeness (QED) is 0.174. The molecular weight excluding hydrogens is 444 g/mol. The van der Waals surface area contributed by atoms with Crippen LogP contribution in [-0.2, 0) is 30.4 Å². The monoisotopic (exact) mass is 470 g/mol. The van der Waals surface area contributed by atoms with E-state index in [4.69, 9.17) is 10.8 Å². The summed E-state index contributed by atoms with van der Waals surface area (Å²) in [5.74, 6) is -4.69. The Morgan fingerprint density at radius 1 is 1.22 bits per heavy atom. The maximum Gasteiger partial charge on any atom is 0.326 e. The van der Waals surface area contributed by atoms with E-state index in [0.717, 1.165) is 0 Å². The predicted octanol–water partition coefficient (Wildman–Crippen LogP) is -2.27. The molecule has 0 aliphatic carbocycles. The number of imidazole rings is 1. The zero-order valence-corrected chi connectivity index (χ0v) is 18.0. The summed E-state index contributed by atoms with van der Waals surface area (Å²) >= 11 is 4.10. The van der Waals surface area contributed by atoms with Crippen LogP contribution in [0.15, 0.2) is 12.5 Å². The number of H-pyrrole nitrogens is 1. The molecule has 2 rings (SSSR count). The van der Waals surface area contributed by atoms with Gasteiger partial charge in [-0.1, -0.05) is 0 Å². The number of nitrogens with one attached hydrogen (secondary N) is 3. The minimum atomic E-state index is -1.38. The lowest BCUT2D eigenvalue weighted by Gasteiger charge is -2.28. The zero-order chi connectivity index (χ0) is 23.8. The maximum atomic E-state index is 12.9. The van der Waals surface area contributed by atoms with E-state index in [-0.39, 0.29) is 18.7 Å². The van der Waals surface area contributed by atoms with Gasteiger partial charge < -0.3 is 36.5 Å². The van der Waals surface area contributed by atoms with Crippen LogP contribution in [-0.4, -0.2) is 91.2 Å². The van der Waals surface area contributed by atoms with Crippen molar-refractivity contribution in [1.82, 2.24) is 25.5 Å². The largest absolute Gasteiger partial charge is 0.481 e. The lowest BCUT2D eigenvalue weighted by Crippen LogP contribution is -2.58. The number of carbonyl (C=O) groups is 5. The Morgan fingerprint density at radius 2 is 1.91 bits per heavy atom. The first-order valence-electron chi connectivity index (χ1n) is 9.83. The number of amides is 3. The lowest BCUT2D eigenvalue weighted by molar-refractivity contribution is -0.149. The number of rotatable bonds is 11. The number of aromatic nitrogens is 2. The number of aromatic amines is 1. The van der Waals surface area contributed by atoms with Crippen LogP contribution in [0.4, 0.5) is 0 Å². The summed E-state index contributed by atoms with van der Waals surface area (Å²) in [4.78, 5) is 68.0. The van der Waals surface area contributed by atoms with Crippen molar-refractivity contribution in [2.45, 2.75) is 49.9 Å². The van der Waals surface area contributed by atoms with Gasteiger partial charge in [0.05, 0.1) is 18.8 Å². The fourth-order valence-electron chi connectivity index (χ4n) is 3.33. The fourth-order valence-corrected chi connectivity index (χ4v) is 3.58. The zero-order valence-electron chi connectivity index (χ0n) is 17.1.